The lowest BCUT2D eigenvalue weighted by atomic mass is 10.2. The van der Waals surface area contributed by atoms with Crippen molar-refractivity contribution in [3.63, 3.8) is 0 Å². The van der Waals surface area contributed by atoms with E-state index in [1.807, 2.05) is 0 Å². The molecule has 1 fully saturated rings. The van der Waals surface area contributed by atoms with Crippen LogP contribution in [0.1, 0.15) is 18.4 Å². The first-order chi connectivity index (χ1) is 12.9. The fourth-order valence-electron chi connectivity index (χ4n) is 2.95. The molecule has 1 aliphatic heterocycles. The van der Waals surface area contributed by atoms with Gasteiger partial charge in [0, 0.05) is 50.7 Å². The van der Waals surface area contributed by atoms with Gasteiger partial charge in [0.2, 0.25) is 11.8 Å². The maximum atomic E-state index is 12.1. The van der Waals surface area contributed by atoms with Crippen LogP contribution in [0.2, 0.25) is 0 Å². The second-order valence-corrected chi connectivity index (χ2v) is 6.36. The fraction of sp³-hybridized carbons (Fsp3) is 0.263. The Kier molecular flexibility index (Phi) is 5.07. The Bertz CT molecular complexity index is 1030. The van der Waals surface area contributed by atoms with Crippen LogP contribution in [-0.4, -0.2) is 27.5 Å². The minimum Gasteiger partial charge on any atom is -0.323 e. The summed E-state index contributed by atoms with van der Waals surface area (Å²) in [5.74, 6) is -0.301. The van der Waals surface area contributed by atoms with Crippen molar-refractivity contribution < 1.29 is 9.59 Å². The predicted octanol–water partition coefficient (Wildman–Crippen LogP) is 0.863. The highest BCUT2D eigenvalue weighted by Gasteiger charge is 2.21. The Hall–Kier alpha value is -3.42. The lowest BCUT2D eigenvalue weighted by molar-refractivity contribution is -0.117. The summed E-state index contributed by atoms with van der Waals surface area (Å²) in [7, 11) is 2.92. The molecule has 140 valence electrons. The van der Waals surface area contributed by atoms with Crippen LogP contribution >= 0.6 is 0 Å². The molecule has 0 saturated carbocycles. The summed E-state index contributed by atoms with van der Waals surface area (Å²) in [5.41, 5.74) is 0.714. The average molecular weight is 368 g/mol. The van der Waals surface area contributed by atoms with Gasteiger partial charge in [-0.05, 0) is 36.8 Å². The summed E-state index contributed by atoms with van der Waals surface area (Å²) in [5, 5.41) is 2.69. The molecule has 0 spiro atoms. The molecule has 0 atom stereocenters. The molecule has 0 bridgehead atoms. The zero-order chi connectivity index (χ0) is 19.6. The molecule has 2 amide bonds. The minimum atomic E-state index is -0.471. The molecule has 1 aliphatic rings. The minimum absolute atomic E-state index is 0.105. The van der Waals surface area contributed by atoms with Gasteiger partial charge in [-0.25, -0.2) is 4.79 Å². The Morgan fingerprint density at radius 2 is 1.81 bits per heavy atom. The molecule has 0 radical (unpaired) electrons. The monoisotopic (exact) mass is 368 g/mol. The summed E-state index contributed by atoms with van der Waals surface area (Å²) in [4.78, 5) is 49.3. The molecule has 8 heteroatoms. The Morgan fingerprint density at radius 3 is 2.44 bits per heavy atom. The zero-order valence-corrected chi connectivity index (χ0v) is 15.1. The van der Waals surface area contributed by atoms with E-state index in [9.17, 15) is 19.2 Å². The van der Waals surface area contributed by atoms with Crippen molar-refractivity contribution in [1.82, 2.24) is 9.13 Å². The highest BCUT2D eigenvalue weighted by Crippen LogP contribution is 2.22. The Labute approximate surface area is 155 Å². The summed E-state index contributed by atoms with van der Waals surface area (Å²) in [6, 6.07) is 7.01. The van der Waals surface area contributed by atoms with Crippen LogP contribution in [0, 0.1) is 0 Å². The number of nitrogens with one attached hydrogen (secondary N) is 1. The molecular formula is C19H20N4O4. The number of carbonyl (C=O) groups is 2. The Balaban J connectivity index is 1.69. The van der Waals surface area contributed by atoms with Crippen molar-refractivity contribution in [2.24, 2.45) is 14.1 Å². The number of carbonyl (C=O) groups excluding carboxylic acids is 2. The maximum Gasteiger partial charge on any atom is 0.330 e. The van der Waals surface area contributed by atoms with Crippen LogP contribution in [0.5, 0.6) is 0 Å². The van der Waals surface area contributed by atoms with Crippen molar-refractivity contribution in [2.75, 3.05) is 16.8 Å². The van der Waals surface area contributed by atoms with E-state index in [1.54, 1.807) is 29.2 Å². The highest BCUT2D eigenvalue weighted by atomic mass is 16.2. The van der Waals surface area contributed by atoms with E-state index in [2.05, 4.69) is 5.32 Å². The van der Waals surface area contributed by atoms with E-state index in [0.29, 0.717) is 18.7 Å². The molecule has 2 heterocycles. The first-order valence-corrected chi connectivity index (χ1v) is 8.53. The molecule has 0 unspecified atom stereocenters. The summed E-state index contributed by atoms with van der Waals surface area (Å²) in [6.45, 7) is 0.710. The average Bonchev–Trinajstić information content (AvgIpc) is 3.08. The maximum absolute atomic E-state index is 12.1. The molecule has 1 aromatic carbocycles. The number of nitrogens with zero attached hydrogens (tertiary/aromatic N) is 3. The number of benzene rings is 1. The van der Waals surface area contributed by atoms with E-state index in [-0.39, 0.29) is 11.5 Å². The van der Waals surface area contributed by atoms with Crippen LogP contribution in [-0.2, 0) is 23.7 Å². The molecule has 8 nitrogen and oxygen atoms in total. The number of aromatic nitrogens is 2. The predicted molar refractivity (Wildman–Crippen MR) is 103 cm³/mol. The van der Waals surface area contributed by atoms with E-state index in [0.717, 1.165) is 16.7 Å². The summed E-state index contributed by atoms with van der Waals surface area (Å²) >= 11 is 0. The number of aryl methyl sites for hydroxylation is 1. The first kappa shape index (κ1) is 18.4. The number of hydrogen-bond acceptors (Lipinski definition) is 4. The SMILES string of the molecule is Cn1cc(/C=C/C(=O)Nc2ccc(N3CCCC3=O)cc2)c(=O)n(C)c1=O. The smallest absolute Gasteiger partial charge is 0.323 e. The van der Waals surface area contributed by atoms with Crippen LogP contribution < -0.4 is 21.5 Å². The van der Waals surface area contributed by atoms with Gasteiger partial charge in [-0.15, -0.1) is 0 Å². The van der Waals surface area contributed by atoms with Gasteiger partial charge in [0.1, 0.15) is 0 Å². The molecule has 1 saturated heterocycles. The normalized spacial score (nSPS) is 14.1. The Morgan fingerprint density at radius 1 is 1.11 bits per heavy atom. The van der Waals surface area contributed by atoms with Crippen LogP contribution in [0.4, 0.5) is 11.4 Å². The highest BCUT2D eigenvalue weighted by molar-refractivity contribution is 6.02. The standard InChI is InChI=1S/C19H20N4O4/c1-21-12-13(18(26)22(2)19(21)27)5-10-16(24)20-14-6-8-15(9-7-14)23-11-3-4-17(23)25/h5-10,12H,3-4,11H2,1-2H3,(H,20,24)/b10-5+. The van der Waals surface area contributed by atoms with Crippen molar-refractivity contribution in [1.29, 1.82) is 0 Å². The topological polar surface area (TPSA) is 93.4 Å². The molecule has 1 N–H and O–H groups in total. The number of hydrogen-bond donors (Lipinski definition) is 1. The number of amides is 2. The van der Waals surface area contributed by atoms with Gasteiger partial charge in [0.25, 0.3) is 5.56 Å². The van der Waals surface area contributed by atoms with Crippen molar-refractivity contribution in [2.45, 2.75) is 12.8 Å². The van der Waals surface area contributed by atoms with Crippen LogP contribution in [0.25, 0.3) is 6.08 Å². The van der Waals surface area contributed by atoms with E-state index >= 15 is 0 Å². The zero-order valence-electron chi connectivity index (χ0n) is 15.1. The second-order valence-electron chi connectivity index (χ2n) is 6.36. The van der Waals surface area contributed by atoms with Gasteiger partial charge in [-0.3, -0.25) is 19.0 Å². The van der Waals surface area contributed by atoms with Gasteiger partial charge >= 0.3 is 5.69 Å². The van der Waals surface area contributed by atoms with Gasteiger partial charge in [0.15, 0.2) is 0 Å². The van der Waals surface area contributed by atoms with Crippen LogP contribution in [0.3, 0.4) is 0 Å². The van der Waals surface area contributed by atoms with Gasteiger partial charge in [0.05, 0.1) is 5.56 Å². The van der Waals surface area contributed by atoms with E-state index < -0.39 is 17.2 Å². The largest absolute Gasteiger partial charge is 0.330 e. The van der Waals surface area contributed by atoms with Crippen molar-refractivity contribution >= 4 is 29.3 Å². The van der Waals surface area contributed by atoms with Crippen molar-refractivity contribution in [3.05, 3.63) is 62.9 Å². The summed E-state index contributed by atoms with van der Waals surface area (Å²) in [6.07, 6.45) is 5.41. The molecule has 27 heavy (non-hydrogen) atoms. The molecular weight excluding hydrogens is 348 g/mol. The lowest BCUT2D eigenvalue weighted by Gasteiger charge is -2.15. The third-order valence-electron chi connectivity index (χ3n) is 4.41. The fourth-order valence-corrected chi connectivity index (χ4v) is 2.95. The third-order valence-corrected chi connectivity index (χ3v) is 4.41. The second kappa shape index (κ2) is 7.45. The molecule has 2 aromatic rings. The van der Waals surface area contributed by atoms with E-state index in [1.165, 1.54) is 37.0 Å². The molecule has 0 aliphatic carbocycles. The molecule has 1 aromatic heterocycles. The number of anilines is 2. The quantitative estimate of drug-likeness (QED) is 0.810. The van der Waals surface area contributed by atoms with Gasteiger partial charge < -0.3 is 14.8 Å². The lowest BCUT2D eigenvalue weighted by Crippen LogP contribution is -2.37. The first-order valence-electron chi connectivity index (χ1n) is 8.53. The summed E-state index contributed by atoms with van der Waals surface area (Å²) < 4.78 is 2.26. The number of rotatable bonds is 4. The van der Waals surface area contributed by atoms with Crippen LogP contribution in [0.15, 0.2) is 46.1 Å². The molecule has 3 rings (SSSR count). The third kappa shape index (κ3) is 3.89. The van der Waals surface area contributed by atoms with Crippen molar-refractivity contribution in [3.8, 4) is 0 Å². The van der Waals surface area contributed by atoms with E-state index in [4.69, 9.17) is 0 Å². The van der Waals surface area contributed by atoms with Gasteiger partial charge in [-0.2, -0.15) is 0 Å². The van der Waals surface area contributed by atoms with Gasteiger partial charge in [-0.1, -0.05) is 0 Å².